The number of aliphatic hydroxyl groups is 1. The van der Waals surface area contributed by atoms with Gasteiger partial charge in [-0.2, -0.15) is 0 Å². The molecule has 3 N–H and O–H groups in total. The molecule has 0 atom stereocenters. The van der Waals surface area contributed by atoms with Crippen LogP contribution in [0, 0.1) is 5.41 Å². The Morgan fingerprint density at radius 1 is 1.20 bits per heavy atom. The van der Waals surface area contributed by atoms with Crippen LogP contribution in [0.4, 0.5) is 0 Å². The molecule has 0 aromatic heterocycles. The Balaban J connectivity index is 3.74. The zero-order valence-corrected chi connectivity index (χ0v) is 10.5. The minimum absolute atomic E-state index is 0.0174. The van der Waals surface area contributed by atoms with Gasteiger partial charge in [0.2, 0.25) is 5.91 Å². The van der Waals surface area contributed by atoms with Gasteiger partial charge < -0.3 is 15.7 Å². The minimum Gasteiger partial charge on any atom is -0.396 e. The topological polar surface area (TPSA) is 61.4 Å². The van der Waals surface area contributed by atoms with E-state index in [2.05, 4.69) is 10.6 Å². The standard InChI is InChI=1S/C11H24N2O2/c1-10(2,3)13-9(15)6-12-7-11(4,5)8-14/h12,14H,6-8H2,1-5H3,(H,13,15). The Morgan fingerprint density at radius 3 is 2.13 bits per heavy atom. The van der Waals surface area contributed by atoms with Crippen molar-refractivity contribution < 1.29 is 9.90 Å². The molecule has 0 aliphatic heterocycles. The van der Waals surface area contributed by atoms with Crippen molar-refractivity contribution in [1.29, 1.82) is 0 Å². The largest absolute Gasteiger partial charge is 0.396 e. The number of amides is 1. The van der Waals surface area contributed by atoms with E-state index in [9.17, 15) is 4.79 Å². The third-order valence-electron chi connectivity index (χ3n) is 1.83. The molecular formula is C11H24N2O2. The zero-order chi connectivity index (χ0) is 12.1. The van der Waals surface area contributed by atoms with Crippen LogP contribution in [0.15, 0.2) is 0 Å². The van der Waals surface area contributed by atoms with Gasteiger partial charge in [-0.05, 0) is 20.8 Å². The predicted octanol–water partition coefficient (Wildman–Crippen LogP) is 0.509. The highest BCUT2D eigenvalue weighted by atomic mass is 16.3. The summed E-state index contributed by atoms with van der Waals surface area (Å²) in [7, 11) is 0. The van der Waals surface area contributed by atoms with Gasteiger partial charge in [-0.3, -0.25) is 4.79 Å². The van der Waals surface area contributed by atoms with E-state index in [4.69, 9.17) is 5.11 Å². The zero-order valence-electron chi connectivity index (χ0n) is 10.5. The van der Waals surface area contributed by atoms with Gasteiger partial charge in [-0.15, -0.1) is 0 Å². The summed E-state index contributed by atoms with van der Waals surface area (Å²) >= 11 is 0. The van der Waals surface area contributed by atoms with Crippen molar-refractivity contribution >= 4 is 5.91 Å². The quantitative estimate of drug-likeness (QED) is 0.627. The molecule has 0 rings (SSSR count). The summed E-state index contributed by atoms with van der Waals surface area (Å²) in [6.07, 6.45) is 0. The van der Waals surface area contributed by atoms with Crippen molar-refractivity contribution in [2.24, 2.45) is 5.41 Å². The first-order valence-corrected chi connectivity index (χ1v) is 5.29. The monoisotopic (exact) mass is 216 g/mol. The molecule has 4 heteroatoms. The molecule has 4 nitrogen and oxygen atoms in total. The lowest BCUT2D eigenvalue weighted by molar-refractivity contribution is -0.121. The van der Waals surface area contributed by atoms with Gasteiger partial charge in [0.05, 0.1) is 6.54 Å². The van der Waals surface area contributed by atoms with Gasteiger partial charge in [0.25, 0.3) is 0 Å². The molecular weight excluding hydrogens is 192 g/mol. The third kappa shape index (κ3) is 8.39. The molecule has 0 aliphatic carbocycles. The smallest absolute Gasteiger partial charge is 0.234 e. The first kappa shape index (κ1) is 14.4. The Bertz CT molecular complexity index is 207. The van der Waals surface area contributed by atoms with Crippen LogP contribution in [-0.4, -0.2) is 36.2 Å². The molecule has 0 heterocycles. The lowest BCUT2D eigenvalue weighted by Crippen LogP contribution is -2.46. The molecule has 0 fully saturated rings. The Hall–Kier alpha value is -0.610. The maximum atomic E-state index is 11.4. The molecule has 0 bridgehead atoms. The molecule has 0 unspecified atom stereocenters. The number of rotatable bonds is 5. The second kappa shape index (κ2) is 5.47. The summed E-state index contributed by atoms with van der Waals surface area (Å²) in [4.78, 5) is 11.4. The number of hydrogen-bond acceptors (Lipinski definition) is 3. The SMILES string of the molecule is CC(C)(CO)CNCC(=O)NC(C)(C)C. The van der Waals surface area contributed by atoms with E-state index >= 15 is 0 Å². The lowest BCUT2D eigenvalue weighted by atomic mass is 9.95. The van der Waals surface area contributed by atoms with Crippen LogP contribution in [0.25, 0.3) is 0 Å². The molecule has 0 aromatic carbocycles. The summed E-state index contributed by atoms with van der Waals surface area (Å²) < 4.78 is 0. The molecule has 0 saturated carbocycles. The van der Waals surface area contributed by atoms with Crippen LogP contribution >= 0.6 is 0 Å². The van der Waals surface area contributed by atoms with E-state index in [1.165, 1.54) is 0 Å². The third-order valence-corrected chi connectivity index (χ3v) is 1.83. The highest BCUT2D eigenvalue weighted by molar-refractivity contribution is 5.78. The van der Waals surface area contributed by atoms with Gasteiger partial charge >= 0.3 is 0 Å². The molecule has 90 valence electrons. The van der Waals surface area contributed by atoms with Crippen LogP contribution in [0.3, 0.4) is 0 Å². The van der Waals surface area contributed by atoms with Gasteiger partial charge in [-0.1, -0.05) is 13.8 Å². The van der Waals surface area contributed by atoms with E-state index in [1.807, 2.05) is 34.6 Å². The highest BCUT2D eigenvalue weighted by Crippen LogP contribution is 2.10. The summed E-state index contributed by atoms with van der Waals surface area (Å²) in [5, 5.41) is 14.9. The molecule has 0 aromatic rings. The summed E-state index contributed by atoms with van der Waals surface area (Å²) in [6, 6.07) is 0. The van der Waals surface area contributed by atoms with Crippen molar-refractivity contribution in [1.82, 2.24) is 10.6 Å². The Kier molecular flexibility index (Phi) is 5.24. The lowest BCUT2D eigenvalue weighted by Gasteiger charge is -2.23. The summed E-state index contributed by atoms with van der Waals surface area (Å²) in [5.74, 6) is -0.0174. The summed E-state index contributed by atoms with van der Waals surface area (Å²) in [5.41, 5.74) is -0.368. The normalized spacial score (nSPS) is 12.7. The van der Waals surface area contributed by atoms with Gasteiger partial charge in [0.1, 0.15) is 0 Å². The first-order valence-electron chi connectivity index (χ1n) is 5.29. The van der Waals surface area contributed by atoms with Crippen molar-refractivity contribution in [2.45, 2.75) is 40.2 Å². The van der Waals surface area contributed by atoms with E-state index < -0.39 is 0 Å². The first-order chi connectivity index (χ1) is 6.66. The van der Waals surface area contributed by atoms with Crippen LogP contribution in [0.5, 0.6) is 0 Å². The molecule has 0 radical (unpaired) electrons. The van der Waals surface area contributed by atoms with Crippen LogP contribution in [-0.2, 0) is 4.79 Å². The average molecular weight is 216 g/mol. The minimum atomic E-state index is -0.189. The molecule has 1 amide bonds. The molecule has 15 heavy (non-hydrogen) atoms. The van der Waals surface area contributed by atoms with Crippen LogP contribution in [0.2, 0.25) is 0 Å². The average Bonchev–Trinajstić information content (AvgIpc) is 2.00. The maximum Gasteiger partial charge on any atom is 0.234 e. The van der Waals surface area contributed by atoms with E-state index in [1.54, 1.807) is 0 Å². The fraction of sp³-hybridized carbons (Fsp3) is 0.909. The second-order valence-electron chi connectivity index (χ2n) is 5.72. The van der Waals surface area contributed by atoms with Gasteiger partial charge in [-0.25, -0.2) is 0 Å². The number of aliphatic hydroxyl groups excluding tert-OH is 1. The molecule has 0 aliphatic rings. The van der Waals surface area contributed by atoms with E-state index in [0.717, 1.165) is 0 Å². The van der Waals surface area contributed by atoms with E-state index in [-0.39, 0.29) is 23.5 Å². The molecule has 0 saturated heterocycles. The van der Waals surface area contributed by atoms with Gasteiger partial charge in [0.15, 0.2) is 0 Å². The number of carbonyl (C=O) groups is 1. The van der Waals surface area contributed by atoms with E-state index in [0.29, 0.717) is 13.1 Å². The van der Waals surface area contributed by atoms with Crippen molar-refractivity contribution in [3.05, 3.63) is 0 Å². The fourth-order valence-corrected chi connectivity index (χ4v) is 1.03. The van der Waals surface area contributed by atoms with Crippen molar-refractivity contribution in [3.63, 3.8) is 0 Å². The maximum absolute atomic E-state index is 11.4. The molecule has 0 spiro atoms. The summed E-state index contributed by atoms with van der Waals surface area (Å²) in [6.45, 7) is 10.8. The van der Waals surface area contributed by atoms with Crippen molar-refractivity contribution in [2.75, 3.05) is 19.7 Å². The highest BCUT2D eigenvalue weighted by Gasteiger charge is 2.17. The van der Waals surface area contributed by atoms with Crippen molar-refractivity contribution in [3.8, 4) is 0 Å². The number of carbonyl (C=O) groups excluding carboxylic acids is 1. The Labute approximate surface area is 92.4 Å². The fourth-order valence-electron chi connectivity index (χ4n) is 1.03. The number of nitrogens with one attached hydrogen (secondary N) is 2. The van der Waals surface area contributed by atoms with Gasteiger partial charge in [0, 0.05) is 24.1 Å². The van der Waals surface area contributed by atoms with Crippen LogP contribution in [0.1, 0.15) is 34.6 Å². The second-order valence-corrected chi connectivity index (χ2v) is 5.72. The van der Waals surface area contributed by atoms with Crippen LogP contribution < -0.4 is 10.6 Å². The Morgan fingerprint density at radius 2 is 1.73 bits per heavy atom. The number of hydrogen-bond donors (Lipinski definition) is 3. The predicted molar refractivity (Wildman–Crippen MR) is 61.6 cm³/mol.